The lowest BCUT2D eigenvalue weighted by Gasteiger charge is -2.16. The fraction of sp³-hybridized carbons (Fsp3) is 0.538. The number of benzene rings is 1. The molecule has 1 rings (SSSR count). The van der Waals surface area contributed by atoms with E-state index < -0.39 is 10.0 Å². The van der Waals surface area contributed by atoms with Crippen molar-refractivity contribution in [2.75, 3.05) is 32.9 Å². The van der Waals surface area contributed by atoms with E-state index in [9.17, 15) is 8.42 Å². The first kappa shape index (κ1) is 15.9. The van der Waals surface area contributed by atoms with Crippen molar-refractivity contribution in [3.8, 4) is 0 Å². The Labute approximate surface area is 115 Å². The molecule has 0 saturated heterocycles. The zero-order valence-electron chi connectivity index (χ0n) is 12.2. The van der Waals surface area contributed by atoms with Gasteiger partial charge in [0.05, 0.1) is 4.90 Å². The molecule has 0 heterocycles. The molecule has 0 atom stereocenters. The Bertz CT molecular complexity index is 566. The van der Waals surface area contributed by atoms with Gasteiger partial charge in [0.25, 0.3) is 0 Å². The van der Waals surface area contributed by atoms with Crippen LogP contribution in [0.15, 0.2) is 11.0 Å². The maximum absolute atomic E-state index is 12.3. The molecular formula is C13H23N3O2S. The van der Waals surface area contributed by atoms with Gasteiger partial charge in [-0.2, -0.15) is 0 Å². The maximum atomic E-state index is 12.3. The SMILES string of the molecule is Cc1cc(C)c(S(=O)(=O)NCCN(C)C)c(C)c1N. The number of nitrogens with one attached hydrogen (secondary N) is 1. The molecule has 0 aromatic heterocycles. The lowest BCUT2D eigenvalue weighted by molar-refractivity contribution is 0.412. The van der Waals surface area contributed by atoms with Crippen molar-refractivity contribution in [1.82, 2.24) is 9.62 Å². The first-order valence-electron chi connectivity index (χ1n) is 6.17. The molecule has 6 heteroatoms. The predicted octanol–water partition coefficient (Wildman–Crippen LogP) is 1.03. The monoisotopic (exact) mass is 285 g/mol. The second-order valence-corrected chi connectivity index (χ2v) is 6.78. The quantitative estimate of drug-likeness (QED) is 0.793. The first-order valence-corrected chi connectivity index (χ1v) is 7.65. The molecule has 1 aromatic carbocycles. The van der Waals surface area contributed by atoms with Crippen LogP contribution in [0.4, 0.5) is 5.69 Å². The molecular weight excluding hydrogens is 262 g/mol. The van der Waals surface area contributed by atoms with Crippen molar-refractivity contribution in [3.63, 3.8) is 0 Å². The summed E-state index contributed by atoms with van der Waals surface area (Å²) in [5, 5.41) is 0. The molecule has 108 valence electrons. The highest BCUT2D eigenvalue weighted by atomic mass is 32.2. The molecule has 5 nitrogen and oxygen atoms in total. The van der Waals surface area contributed by atoms with Gasteiger partial charge in [-0.15, -0.1) is 0 Å². The summed E-state index contributed by atoms with van der Waals surface area (Å²) < 4.78 is 27.3. The molecule has 0 bridgehead atoms. The van der Waals surface area contributed by atoms with Gasteiger partial charge in [0, 0.05) is 18.8 Å². The molecule has 0 spiro atoms. The number of likely N-dealkylation sites (N-methyl/N-ethyl adjacent to an activating group) is 1. The molecule has 19 heavy (non-hydrogen) atoms. The average Bonchev–Trinajstić information content (AvgIpc) is 2.24. The molecule has 1 aromatic rings. The van der Waals surface area contributed by atoms with Crippen LogP contribution in [0.2, 0.25) is 0 Å². The van der Waals surface area contributed by atoms with Crippen molar-refractivity contribution < 1.29 is 8.42 Å². The number of hydrogen-bond acceptors (Lipinski definition) is 4. The van der Waals surface area contributed by atoms with Crippen molar-refractivity contribution in [2.45, 2.75) is 25.7 Å². The van der Waals surface area contributed by atoms with Crippen LogP contribution in [0, 0.1) is 20.8 Å². The van der Waals surface area contributed by atoms with Gasteiger partial charge in [-0.1, -0.05) is 6.07 Å². The van der Waals surface area contributed by atoms with Crippen molar-refractivity contribution in [3.05, 3.63) is 22.8 Å². The number of aryl methyl sites for hydroxylation is 2. The second kappa shape index (κ2) is 5.90. The molecule has 0 radical (unpaired) electrons. The molecule has 0 aliphatic carbocycles. The Morgan fingerprint density at radius 2 is 1.79 bits per heavy atom. The third kappa shape index (κ3) is 3.68. The number of sulfonamides is 1. The van der Waals surface area contributed by atoms with Crippen molar-refractivity contribution in [2.24, 2.45) is 0 Å². The van der Waals surface area contributed by atoms with Crippen LogP contribution >= 0.6 is 0 Å². The van der Waals surface area contributed by atoms with E-state index in [0.29, 0.717) is 29.2 Å². The van der Waals surface area contributed by atoms with E-state index in [1.165, 1.54) is 0 Å². The van der Waals surface area contributed by atoms with Crippen molar-refractivity contribution in [1.29, 1.82) is 0 Å². The normalized spacial score (nSPS) is 12.1. The summed E-state index contributed by atoms with van der Waals surface area (Å²) in [6.45, 7) is 6.45. The summed E-state index contributed by atoms with van der Waals surface area (Å²) in [4.78, 5) is 2.22. The van der Waals surface area contributed by atoms with E-state index >= 15 is 0 Å². The van der Waals surface area contributed by atoms with Crippen LogP contribution in [0.5, 0.6) is 0 Å². The third-order valence-electron chi connectivity index (χ3n) is 3.08. The summed E-state index contributed by atoms with van der Waals surface area (Å²) in [6, 6.07) is 1.81. The third-order valence-corrected chi connectivity index (χ3v) is 4.83. The molecule has 0 aliphatic rings. The minimum atomic E-state index is -3.51. The van der Waals surface area contributed by atoms with E-state index in [0.717, 1.165) is 11.1 Å². The van der Waals surface area contributed by atoms with E-state index in [1.54, 1.807) is 13.8 Å². The highest BCUT2D eigenvalue weighted by molar-refractivity contribution is 7.89. The Morgan fingerprint density at radius 3 is 2.32 bits per heavy atom. The highest BCUT2D eigenvalue weighted by Crippen LogP contribution is 2.27. The molecule has 0 amide bonds. The van der Waals surface area contributed by atoms with Gasteiger partial charge in [0.1, 0.15) is 0 Å². The number of hydrogen-bond donors (Lipinski definition) is 2. The number of anilines is 1. The number of nitrogens with zero attached hydrogens (tertiary/aromatic N) is 1. The van der Waals surface area contributed by atoms with Crippen LogP contribution in [0.1, 0.15) is 16.7 Å². The zero-order valence-corrected chi connectivity index (χ0v) is 13.1. The molecule has 0 aliphatic heterocycles. The number of nitrogens with two attached hydrogens (primary N) is 1. The summed E-state index contributed by atoms with van der Waals surface area (Å²) >= 11 is 0. The highest BCUT2D eigenvalue weighted by Gasteiger charge is 2.21. The van der Waals surface area contributed by atoms with Crippen molar-refractivity contribution >= 4 is 15.7 Å². The number of nitrogen functional groups attached to an aromatic ring is 1. The molecule has 0 saturated carbocycles. The average molecular weight is 285 g/mol. The number of rotatable bonds is 5. The van der Waals surface area contributed by atoms with Gasteiger partial charge >= 0.3 is 0 Å². The molecule has 0 fully saturated rings. The minimum Gasteiger partial charge on any atom is -0.398 e. The minimum absolute atomic E-state index is 0.300. The summed E-state index contributed by atoms with van der Waals surface area (Å²) in [5.74, 6) is 0. The summed E-state index contributed by atoms with van der Waals surface area (Å²) in [7, 11) is 0.282. The Balaban J connectivity index is 3.12. The first-order chi connectivity index (χ1) is 8.66. The van der Waals surface area contributed by atoms with E-state index in [-0.39, 0.29) is 0 Å². The van der Waals surface area contributed by atoms with Crippen LogP contribution in [-0.4, -0.2) is 40.5 Å². The zero-order chi connectivity index (χ0) is 14.8. The lowest BCUT2D eigenvalue weighted by Crippen LogP contribution is -2.32. The second-order valence-electron chi connectivity index (χ2n) is 5.08. The Hall–Kier alpha value is -1.11. The summed E-state index contributed by atoms with van der Waals surface area (Å²) in [6.07, 6.45) is 0. The van der Waals surface area contributed by atoms with Gasteiger partial charge in [0.2, 0.25) is 10.0 Å². The summed E-state index contributed by atoms with van der Waals surface area (Å²) in [5.41, 5.74) is 8.71. The fourth-order valence-electron chi connectivity index (χ4n) is 2.07. The van der Waals surface area contributed by atoms with E-state index in [2.05, 4.69) is 4.72 Å². The van der Waals surface area contributed by atoms with Gasteiger partial charge in [0.15, 0.2) is 0 Å². The predicted molar refractivity (Wildman–Crippen MR) is 78.8 cm³/mol. The topological polar surface area (TPSA) is 75.4 Å². The Kier molecular flexibility index (Phi) is 4.95. The lowest BCUT2D eigenvalue weighted by atomic mass is 10.1. The van der Waals surface area contributed by atoms with Crippen LogP contribution in [0.25, 0.3) is 0 Å². The van der Waals surface area contributed by atoms with E-state index in [4.69, 9.17) is 5.73 Å². The van der Waals surface area contributed by atoms with Crippen LogP contribution in [-0.2, 0) is 10.0 Å². The van der Waals surface area contributed by atoms with Gasteiger partial charge in [-0.25, -0.2) is 13.1 Å². The largest absolute Gasteiger partial charge is 0.398 e. The van der Waals surface area contributed by atoms with Crippen LogP contribution in [0.3, 0.4) is 0 Å². The fourth-order valence-corrected chi connectivity index (χ4v) is 3.57. The molecule has 0 unspecified atom stereocenters. The van der Waals surface area contributed by atoms with E-state index in [1.807, 2.05) is 32.0 Å². The standard InChI is InChI=1S/C13H23N3O2S/c1-9-8-10(2)13(11(3)12(9)14)19(17,18)15-6-7-16(4)5/h8,15H,6-7,14H2,1-5H3. The van der Waals surface area contributed by atoms with Gasteiger partial charge < -0.3 is 10.6 Å². The van der Waals surface area contributed by atoms with Crippen LogP contribution < -0.4 is 10.5 Å². The molecule has 3 N–H and O–H groups in total. The Morgan fingerprint density at radius 1 is 1.21 bits per heavy atom. The maximum Gasteiger partial charge on any atom is 0.241 e. The van der Waals surface area contributed by atoms with Gasteiger partial charge in [-0.3, -0.25) is 0 Å². The smallest absolute Gasteiger partial charge is 0.241 e. The van der Waals surface area contributed by atoms with Gasteiger partial charge in [-0.05, 0) is 51.6 Å².